The minimum atomic E-state index is -0.174. The number of hydrogen-bond donors (Lipinski definition) is 1. The highest BCUT2D eigenvalue weighted by molar-refractivity contribution is 5.94. The van der Waals surface area contributed by atoms with Gasteiger partial charge in [0.2, 0.25) is 11.8 Å². The van der Waals surface area contributed by atoms with E-state index in [0.717, 1.165) is 38.6 Å². The molecule has 176 valence electrons. The molecule has 37 heavy (non-hydrogen) atoms. The summed E-state index contributed by atoms with van der Waals surface area (Å²) in [5, 5.41) is 9.98. The Labute approximate surface area is 212 Å². The van der Waals surface area contributed by atoms with Crippen molar-refractivity contribution in [2.24, 2.45) is 0 Å². The number of hydrogen-bond acceptors (Lipinski definition) is 5. The normalized spacial score (nSPS) is 11.5. The molecule has 6 heteroatoms. The standard InChI is InChI=1S/C31H21N5O/c1-3-11-20(12-4-1)28(21-13-5-2-6-14-21)31-36-35-30(37-31)23-19-27(32-24-16-8-7-15-22(23)24)29-33-25-17-9-10-18-26(25)34-29/h1-19,28H,(H,33,34). The van der Waals surface area contributed by atoms with Gasteiger partial charge in [-0.15, -0.1) is 10.2 Å². The third-order valence-electron chi connectivity index (χ3n) is 6.53. The van der Waals surface area contributed by atoms with Gasteiger partial charge in [-0.3, -0.25) is 0 Å². The van der Waals surface area contributed by atoms with Crippen LogP contribution in [0, 0.1) is 0 Å². The van der Waals surface area contributed by atoms with Crippen molar-refractivity contribution in [3.8, 4) is 23.0 Å². The summed E-state index contributed by atoms with van der Waals surface area (Å²) < 4.78 is 6.42. The molecule has 3 aromatic heterocycles. The van der Waals surface area contributed by atoms with Crippen LogP contribution in [0.1, 0.15) is 22.9 Å². The number of H-pyrrole nitrogens is 1. The predicted molar refractivity (Wildman–Crippen MR) is 144 cm³/mol. The van der Waals surface area contributed by atoms with Gasteiger partial charge in [0.1, 0.15) is 5.69 Å². The molecule has 0 atom stereocenters. The number of nitrogens with one attached hydrogen (secondary N) is 1. The lowest BCUT2D eigenvalue weighted by Crippen LogP contribution is -2.03. The molecule has 0 aliphatic carbocycles. The second kappa shape index (κ2) is 8.84. The first-order chi connectivity index (χ1) is 18.3. The van der Waals surface area contributed by atoms with Gasteiger partial charge < -0.3 is 9.40 Å². The Morgan fingerprint density at radius 2 is 1.27 bits per heavy atom. The lowest BCUT2D eigenvalue weighted by Gasteiger charge is -2.14. The van der Waals surface area contributed by atoms with Crippen molar-refractivity contribution in [2.75, 3.05) is 0 Å². The van der Waals surface area contributed by atoms with Crippen molar-refractivity contribution in [1.82, 2.24) is 25.1 Å². The Morgan fingerprint density at radius 1 is 0.622 bits per heavy atom. The molecule has 0 radical (unpaired) electrons. The van der Waals surface area contributed by atoms with E-state index in [9.17, 15) is 0 Å². The largest absolute Gasteiger partial charge is 0.420 e. The lowest BCUT2D eigenvalue weighted by atomic mass is 9.91. The number of aromatic amines is 1. The SMILES string of the molecule is c1ccc(C(c2ccccc2)c2nnc(-c3cc(-c4nc5ccccc5[nH]4)nc4ccccc34)o2)cc1. The highest BCUT2D eigenvalue weighted by Crippen LogP contribution is 2.35. The van der Waals surface area contributed by atoms with E-state index in [1.165, 1.54) is 0 Å². The van der Waals surface area contributed by atoms with Gasteiger partial charge >= 0.3 is 0 Å². The first-order valence-electron chi connectivity index (χ1n) is 12.1. The number of para-hydroxylation sites is 3. The van der Waals surface area contributed by atoms with Gasteiger partial charge in [0, 0.05) is 5.39 Å². The molecule has 0 aliphatic heterocycles. The van der Waals surface area contributed by atoms with Crippen LogP contribution in [0.2, 0.25) is 0 Å². The number of aromatic nitrogens is 5. The molecule has 0 bridgehead atoms. The third kappa shape index (κ3) is 3.85. The molecule has 0 fully saturated rings. The summed E-state index contributed by atoms with van der Waals surface area (Å²) in [5.74, 6) is 1.51. The van der Waals surface area contributed by atoms with Crippen LogP contribution in [-0.2, 0) is 0 Å². The van der Waals surface area contributed by atoms with Gasteiger partial charge in [-0.2, -0.15) is 0 Å². The van der Waals surface area contributed by atoms with Crippen LogP contribution in [-0.4, -0.2) is 25.1 Å². The smallest absolute Gasteiger partial charge is 0.248 e. The van der Waals surface area contributed by atoms with E-state index in [4.69, 9.17) is 14.4 Å². The monoisotopic (exact) mass is 479 g/mol. The molecule has 0 saturated heterocycles. The summed E-state index contributed by atoms with van der Waals surface area (Å²) in [7, 11) is 0. The minimum Gasteiger partial charge on any atom is -0.420 e. The van der Waals surface area contributed by atoms with Gasteiger partial charge in [-0.1, -0.05) is 91.0 Å². The third-order valence-corrected chi connectivity index (χ3v) is 6.53. The van der Waals surface area contributed by atoms with Crippen molar-refractivity contribution in [3.05, 3.63) is 132 Å². The predicted octanol–water partition coefficient (Wildman–Crippen LogP) is 7.01. The van der Waals surface area contributed by atoms with Crippen molar-refractivity contribution in [2.45, 2.75) is 5.92 Å². The van der Waals surface area contributed by atoms with Crippen LogP contribution in [0.3, 0.4) is 0 Å². The minimum absolute atomic E-state index is 0.174. The summed E-state index contributed by atoms with van der Waals surface area (Å²) in [6, 6.07) is 38.4. The van der Waals surface area contributed by atoms with Crippen LogP contribution in [0.25, 0.3) is 44.9 Å². The van der Waals surface area contributed by atoms with Crippen molar-refractivity contribution >= 4 is 21.9 Å². The van der Waals surface area contributed by atoms with Gasteiger partial charge in [-0.25, -0.2) is 9.97 Å². The van der Waals surface area contributed by atoms with E-state index in [1.54, 1.807) is 0 Å². The summed E-state index contributed by atoms with van der Waals surface area (Å²) >= 11 is 0. The number of imidazole rings is 1. The van der Waals surface area contributed by atoms with Crippen molar-refractivity contribution in [1.29, 1.82) is 0 Å². The molecule has 1 N–H and O–H groups in total. The number of rotatable bonds is 5. The first-order valence-corrected chi connectivity index (χ1v) is 12.1. The van der Waals surface area contributed by atoms with Crippen LogP contribution < -0.4 is 0 Å². The molecule has 0 spiro atoms. The zero-order valence-electron chi connectivity index (χ0n) is 19.7. The Hall–Kier alpha value is -5.10. The fourth-order valence-corrected chi connectivity index (χ4v) is 4.78. The molecule has 7 rings (SSSR count). The second-order valence-electron chi connectivity index (χ2n) is 8.87. The molecular weight excluding hydrogens is 458 g/mol. The maximum atomic E-state index is 6.42. The van der Waals surface area contributed by atoms with Gasteiger partial charge in [0.25, 0.3) is 0 Å². The van der Waals surface area contributed by atoms with Crippen LogP contribution in [0.15, 0.2) is 120 Å². The lowest BCUT2D eigenvalue weighted by molar-refractivity contribution is 0.499. The van der Waals surface area contributed by atoms with Gasteiger partial charge in [-0.05, 0) is 35.4 Å². The summed E-state index contributed by atoms with van der Waals surface area (Å²) in [6.07, 6.45) is 0. The zero-order chi connectivity index (χ0) is 24.6. The van der Waals surface area contributed by atoms with E-state index < -0.39 is 0 Å². The van der Waals surface area contributed by atoms with Crippen LogP contribution in [0.5, 0.6) is 0 Å². The quantitative estimate of drug-likeness (QED) is 0.287. The molecule has 0 saturated carbocycles. The summed E-state index contributed by atoms with van der Waals surface area (Å²) in [4.78, 5) is 13.0. The van der Waals surface area contributed by atoms with E-state index >= 15 is 0 Å². The Bertz CT molecular complexity index is 1770. The number of nitrogens with zero attached hydrogens (tertiary/aromatic N) is 4. The van der Waals surface area contributed by atoms with Gasteiger partial charge in [0.05, 0.1) is 28.0 Å². The molecular formula is C31H21N5O. The van der Waals surface area contributed by atoms with E-state index in [2.05, 4.69) is 39.4 Å². The average molecular weight is 480 g/mol. The highest BCUT2D eigenvalue weighted by Gasteiger charge is 2.24. The summed E-state index contributed by atoms with van der Waals surface area (Å²) in [6.45, 7) is 0. The maximum Gasteiger partial charge on any atom is 0.248 e. The van der Waals surface area contributed by atoms with E-state index in [-0.39, 0.29) is 5.92 Å². The fraction of sp³-hybridized carbons (Fsp3) is 0.0323. The molecule has 4 aromatic carbocycles. The van der Waals surface area contributed by atoms with Crippen molar-refractivity contribution < 1.29 is 4.42 Å². The Balaban J connectivity index is 1.38. The fourth-order valence-electron chi connectivity index (χ4n) is 4.78. The van der Waals surface area contributed by atoms with Crippen LogP contribution in [0.4, 0.5) is 0 Å². The Morgan fingerprint density at radius 3 is 2.00 bits per heavy atom. The first kappa shape index (κ1) is 21.2. The molecule has 0 aliphatic rings. The molecule has 7 aromatic rings. The topological polar surface area (TPSA) is 80.5 Å². The zero-order valence-corrected chi connectivity index (χ0v) is 19.7. The van der Waals surface area contributed by atoms with Gasteiger partial charge in [0.15, 0.2) is 5.82 Å². The van der Waals surface area contributed by atoms with Crippen molar-refractivity contribution in [3.63, 3.8) is 0 Å². The molecule has 0 unspecified atom stereocenters. The van der Waals surface area contributed by atoms with E-state index in [1.807, 2.05) is 91.0 Å². The average Bonchev–Trinajstić information content (AvgIpc) is 3.62. The molecule has 0 amide bonds. The highest BCUT2D eigenvalue weighted by atomic mass is 16.4. The van der Waals surface area contributed by atoms with Crippen LogP contribution >= 0.6 is 0 Å². The number of fused-ring (bicyclic) bond motifs is 2. The Kier molecular flexibility index (Phi) is 5.07. The number of benzene rings is 4. The number of pyridine rings is 1. The van der Waals surface area contributed by atoms with E-state index in [0.29, 0.717) is 23.3 Å². The second-order valence-corrected chi connectivity index (χ2v) is 8.87. The molecule has 3 heterocycles. The maximum absolute atomic E-state index is 6.42. The summed E-state index contributed by atoms with van der Waals surface area (Å²) in [5.41, 5.74) is 6.40. The molecule has 6 nitrogen and oxygen atoms in total.